The summed E-state index contributed by atoms with van der Waals surface area (Å²) in [5, 5.41) is 6.65. The standard InChI is InChI=1S/C21H29N3O2.HI/c1-4-22-21(24-15-18-10-12-20(25-3)13-11-18)23-14-17-6-8-19(9-7-17)16-26-5-2;/h6-13H,4-5,14-16H2,1-3H3,(H2,22,23,24);1H. The molecule has 5 nitrogen and oxygen atoms in total. The molecule has 0 saturated carbocycles. The summed E-state index contributed by atoms with van der Waals surface area (Å²) in [6, 6.07) is 16.4. The smallest absolute Gasteiger partial charge is 0.191 e. The van der Waals surface area contributed by atoms with Crippen molar-refractivity contribution < 1.29 is 9.47 Å². The molecule has 0 amide bonds. The Morgan fingerprint density at radius 2 is 1.52 bits per heavy atom. The Hall–Kier alpha value is -1.80. The van der Waals surface area contributed by atoms with Crippen LogP contribution >= 0.6 is 24.0 Å². The lowest BCUT2D eigenvalue weighted by molar-refractivity contribution is 0.134. The molecule has 0 heterocycles. The van der Waals surface area contributed by atoms with Crippen LogP contribution in [0, 0.1) is 0 Å². The highest BCUT2D eigenvalue weighted by Crippen LogP contribution is 2.12. The Bertz CT molecular complexity index is 673. The van der Waals surface area contributed by atoms with Crippen LogP contribution in [0.1, 0.15) is 30.5 Å². The van der Waals surface area contributed by atoms with Crippen LogP contribution in [0.4, 0.5) is 0 Å². The van der Waals surface area contributed by atoms with E-state index >= 15 is 0 Å². The van der Waals surface area contributed by atoms with Gasteiger partial charge in [0.15, 0.2) is 5.96 Å². The predicted molar refractivity (Wildman–Crippen MR) is 122 cm³/mol. The van der Waals surface area contributed by atoms with Crippen LogP contribution in [0.2, 0.25) is 0 Å². The van der Waals surface area contributed by atoms with Crippen molar-refractivity contribution >= 4 is 29.9 Å². The molecule has 0 aromatic heterocycles. The molecule has 2 aromatic rings. The number of benzene rings is 2. The molecule has 2 rings (SSSR count). The first-order valence-corrected chi connectivity index (χ1v) is 9.05. The lowest BCUT2D eigenvalue weighted by Gasteiger charge is -2.12. The lowest BCUT2D eigenvalue weighted by atomic mass is 10.1. The molecule has 2 aromatic carbocycles. The average Bonchev–Trinajstić information content (AvgIpc) is 2.69. The first kappa shape index (κ1) is 23.2. The highest BCUT2D eigenvalue weighted by atomic mass is 127. The number of halogens is 1. The third-order valence-corrected chi connectivity index (χ3v) is 3.88. The van der Waals surface area contributed by atoms with Gasteiger partial charge in [-0.2, -0.15) is 0 Å². The number of hydrogen-bond donors (Lipinski definition) is 2. The maximum absolute atomic E-state index is 5.43. The maximum atomic E-state index is 5.43. The van der Waals surface area contributed by atoms with E-state index in [1.54, 1.807) is 7.11 Å². The van der Waals surface area contributed by atoms with Gasteiger partial charge < -0.3 is 20.1 Å². The van der Waals surface area contributed by atoms with Crippen LogP contribution in [0.15, 0.2) is 53.5 Å². The Balaban J connectivity index is 0.00000364. The first-order chi connectivity index (χ1) is 12.7. The molecule has 27 heavy (non-hydrogen) atoms. The largest absolute Gasteiger partial charge is 0.497 e. The Morgan fingerprint density at radius 1 is 0.889 bits per heavy atom. The maximum Gasteiger partial charge on any atom is 0.191 e. The van der Waals surface area contributed by atoms with Gasteiger partial charge in [-0.1, -0.05) is 36.4 Å². The zero-order valence-corrected chi connectivity index (χ0v) is 18.7. The van der Waals surface area contributed by atoms with Gasteiger partial charge >= 0.3 is 0 Å². The third-order valence-electron chi connectivity index (χ3n) is 3.88. The molecule has 0 atom stereocenters. The SMILES string of the molecule is CCNC(=NCc1ccc(OC)cc1)NCc1ccc(COCC)cc1.I. The van der Waals surface area contributed by atoms with Crippen LogP contribution in [0.25, 0.3) is 0 Å². The van der Waals surface area contributed by atoms with Crippen molar-refractivity contribution in [3.63, 3.8) is 0 Å². The molecular weight excluding hydrogens is 453 g/mol. The molecule has 6 heteroatoms. The first-order valence-electron chi connectivity index (χ1n) is 9.05. The van der Waals surface area contributed by atoms with Gasteiger partial charge in [-0.15, -0.1) is 24.0 Å². The van der Waals surface area contributed by atoms with Gasteiger partial charge in [0.2, 0.25) is 0 Å². The van der Waals surface area contributed by atoms with Gasteiger partial charge in [-0.3, -0.25) is 0 Å². The van der Waals surface area contributed by atoms with Crippen molar-refractivity contribution in [3.05, 3.63) is 65.2 Å². The molecule has 0 aliphatic heterocycles. The summed E-state index contributed by atoms with van der Waals surface area (Å²) in [5.41, 5.74) is 3.54. The van der Waals surface area contributed by atoms with Crippen LogP contribution in [-0.4, -0.2) is 26.2 Å². The van der Waals surface area contributed by atoms with Crippen LogP contribution in [0.3, 0.4) is 0 Å². The molecule has 0 aliphatic rings. The number of rotatable bonds is 9. The van der Waals surface area contributed by atoms with E-state index in [0.717, 1.165) is 37.0 Å². The minimum Gasteiger partial charge on any atom is -0.497 e. The summed E-state index contributed by atoms with van der Waals surface area (Å²) in [5.74, 6) is 1.66. The summed E-state index contributed by atoms with van der Waals surface area (Å²) in [4.78, 5) is 4.65. The van der Waals surface area contributed by atoms with E-state index in [9.17, 15) is 0 Å². The topological polar surface area (TPSA) is 54.9 Å². The van der Waals surface area contributed by atoms with Crippen molar-refractivity contribution in [2.24, 2.45) is 4.99 Å². The van der Waals surface area contributed by atoms with Crippen LogP contribution in [-0.2, 0) is 24.4 Å². The molecule has 2 N–H and O–H groups in total. The molecule has 0 bridgehead atoms. The zero-order valence-electron chi connectivity index (χ0n) is 16.3. The highest BCUT2D eigenvalue weighted by Gasteiger charge is 2.00. The summed E-state index contributed by atoms with van der Waals surface area (Å²) < 4.78 is 10.6. The van der Waals surface area contributed by atoms with Crippen molar-refractivity contribution in [3.8, 4) is 5.75 Å². The van der Waals surface area contributed by atoms with E-state index in [0.29, 0.717) is 13.2 Å². The molecule has 0 unspecified atom stereocenters. The summed E-state index contributed by atoms with van der Waals surface area (Å²) >= 11 is 0. The number of nitrogens with zero attached hydrogens (tertiary/aromatic N) is 1. The van der Waals surface area contributed by atoms with Gasteiger partial charge in [0.05, 0.1) is 20.3 Å². The molecule has 148 valence electrons. The monoisotopic (exact) mass is 483 g/mol. The minimum atomic E-state index is 0. The van der Waals surface area contributed by atoms with E-state index in [1.807, 2.05) is 31.2 Å². The number of hydrogen-bond acceptors (Lipinski definition) is 3. The van der Waals surface area contributed by atoms with E-state index in [4.69, 9.17) is 9.47 Å². The van der Waals surface area contributed by atoms with Crippen molar-refractivity contribution in [2.45, 2.75) is 33.5 Å². The summed E-state index contributed by atoms with van der Waals surface area (Å²) in [6.07, 6.45) is 0. The van der Waals surface area contributed by atoms with E-state index in [-0.39, 0.29) is 24.0 Å². The fourth-order valence-electron chi connectivity index (χ4n) is 2.40. The summed E-state index contributed by atoms with van der Waals surface area (Å²) in [6.45, 7) is 7.63. The number of nitrogens with one attached hydrogen (secondary N) is 2. The second-order valence-corrected chi connectivity index (χ2v) is 5.85. The molecule has 0 fully saturated rings. The van der Waals surface area contributed by atoms with Gasteiger partial charge in [-0.25, -0.2) is 4.99 Å². The Labute approximate surface area is 179 Å². The molecular formula is C21H30IN3O2. The number of methoxy groups -OCH3 is 1. The second kappa shape index (κ2) is 13.4. The molecule has 0 spiro atoms. The fraction of sp³-hybridized carbons (Fsp3) is 0.381. The van der Waals surface area contributed by atoms with E-state index in [1.165, 1.54) is 11.1 Å². The highest BCUT2D eigenvalue weighted by molar-refractivity contribution is 14.0. The van der Waals surface area contributed by atoms with Gasteiger partial charge in [0.25, 0.3) is 0 Å². The molecule has 0 radical (unpaired) electrons. The molecule has 0 aliphatic carbocycles. The predicted octanol–water partition coefficient (Wildman–Crippen LogP) is 4.11. The van der Waals surface area contributed by atoms with Gasteiger partial charge in [0, 0.05) is 19.7 Å². The average molecular weight is 483 g/mol. The number of guanidine groups is 1. The van der Waals surface area contributed by atoms with Gasteiger partial charge in [0.1, 0.15) is 5.75 Å². The van der Waals surface area contributed by atoms with Crippen molar-refractivity contribution in [1.29, 1.82) is 0 Å². The van der Waals surface area contributed by atoms with Gasteiger partial charge in [-0.05, 0) is 42.7 Å². The van der Waals surface area contributed by atoms with Crippen molar-refractivity contribution in [1.82, 2.24) is 10.6 Å². The van der Waals surface area contributed by atoms with Crippen molar-refractivity contribution in [2.75, 3.05) is 20.3 Å². The third kappa shape index (κ3) is 8.62. The number of ether oxygens (including phenoxy) is 2. The van der Waals surface area contributed by atoms with Crippen LogP contribution < -0.4 is 15.4 Å². The molecule has 0 saturated heterocycles. The number of aliphatic imine (C=N–C) groups is 1. The fourth-order valence-corrected chi connectivity index (χ4v) is 2.40. The normalized spacial score (nSPS) is 10.9. The quantitative estimate of drug-likeness (QED) is 0.321. The lowest BCUT2D eigenvalue weighted by Crippen LogP contribution is -2.36. The summed E-state index contributed by atoms with van der Waals surface area (Å²) in [7, 11) is 1.67. The zero-order chi connectivity index (χ0) is 18.6. The minimum absolute atomic E-state index is 0. The van der Waals surface area contributed by atoms with E-state index < -0.39 is 0 Å². The Kier molecular flexibility index (Phi) is 11.5. The van der Waals surface area contributed by atoms with Crippen LogP contribution in [0.5, 0.6) is 5.75 Å². The Morgan fingerprint density at radius 3 is 2.11 bits per heavy atom. The van der Waals surface area contributed by atoms with E-state index in [2.05, 4.69) is 46.8 Å². The second-order valence-electron chi connectivity index (χ2n) is 5.85.